The molecule has 1 aliphatic rings. The molecule has 1 amide bonds. The molecule has 0 aliphatic carbocycles. The smallest absolute Gasteiger partial charge is 0.295 e. The topological polar surface area (TPSA) is 90.3 Å². The molecule has 2 aromatic rings. The molecule has 0 radical (unpaired) electrons. The summed E-state index contributed by atoms with van der Waals surface area (Å²) in [4.78, 5) is 29.1. The summed E-state index contributed by atoms with van der Waals surface area (Å²) in [6.45, 7) is 0.969. The molecule has 1 aliphatic heterocycles. The molecule has 0 aromatic heterocycles. The van der Waals surface area contributed by atoms with Gasteiger partial charge < -0.3 is 24.7 Å². The van der Waals surface area contributed by atoms with Crippen molar-refractivity contribution in [2.24, 2.45) is 0 Å². The number of phenols is 1. The highest BCUT2D eigenvalue weighted by atomic mass is 19.1. The summed E-state index contributed by atoms with van der Waals surface area (Å²) in [6.07, 6.45) is 0.604. The van der Waals surface area contributed by atoms with Gasteiger partial charge in [0.2, 0.25) is 0 Å². The summed E-state index contributed by atoms with van der Waals surface area (Å²) in [5, 5.41) is 20.9. The second kappa shape index (κ2) is 9.18. The monoisotopic (exact) mass is 428 g/mol. The van der Waals surface area contributed by atoms with E-state index in [1.807, 2.05) is 19.0 Å². The maximum absolute atomic E-state index is 14.2. The van der Waals surface area contributed by atoms with E-state index < -0.39 is 29.3 Å². The van der Waals surface area contributed by atoms with Crippen LogP contribution in [0.15, 0.2) is 48.0 Å². The van der Waals surface area contributed by atoms with E-state index in [0.717, 1.165) is 6.07 Å². The number of aliphatic hydroxyl groups excluding tert-OH is 1. The number of ketones is 1. The van der Waals surface area contributed by atoms with Crippen LogP contribution in [0.4, 0.5) is 4.39 Å². The number of ether oxygens (including phenoxy) is 1. The normalized spacial score (nSPS) is 18.1. The molecule has 0 spiro atoms. The molecular weight excluding hydrogens is 403 g/mol. The van der Waals surface area contributed by atoms with Gasteiger partial charge in [-0.25, -0.2) is 4.39 Å². The molecule has 1 fully saturated rings. The lowest BCUT2D eigenvalue weighted by atomic mass is 9.95. The Kier molecular flexibility index (Phi) is 6.60. The molecule has 0 saturated carbocycles. The van der Waals surface area contributed by atoms with E-state index in [0.29, 0.717) is 18.5 Å². The zero-order chi connectivity index (χ0) is 22.7. The SMILES string of the molecule is COc1ccc(C(O)=C2C(=O)C(=O)N(CCCN(C)C)C2c2cccc(O)c2)cc1F. The van der Waals surface area contributed by atoms with Crippen LogP contribution in [-0.4, -0.2) is 66.0 Å². The van der Waals surface area contributed by atoms with Gasteiger partial charge >= 0.3 is 0 Å². The van der Waals surface area contributed by atoms with Crippen molar-refractivity contribution in [1.29, 1.82) is 0 Å². The zero-order valence-corrected chi connectivity index (χ0v) is 17.6. The third-order valence-corrected chi connectivity index (χ3v) is 5.16. The Morgan fingerprint density at radius 1 is 1.19 bits per heavy atom. The van der Waals surface area contributed by atoms with Crippen LogP contribution in [-0.2, 0) is 9.59 Å². The molecule has 8 heteroatoms. The number of carbonyl (C=O) groups excluding carboxylic acids is 2. The van der Waals surface area contributed by atoms with Crippen molar-refractivity contribution in [3.8, 4) is 11.5 Å². The van der Waals surface area contributed by atoms with Crippen molar-refractivity contribution in [3.05, 3.63) is 65.0 Å². The van der Waals surface area contributed by atoms with E-state index in [2.05, 4.69) is 0 Å². The quantitative estimate of drug-likeness (QED) is 0.400. The first kappa shape index (κ1) is 22.3. The van der Waals surface area contributed by atoms with Crippen LogP contribution in [0.2, 0.25) is 0 Å². The summed E-state index contributed by atoms with van der Waals surface area (Å²) >= 11 is 0. The summed E-state index contributed by atoms with van der Waals surface area (Å²) in [6, 6.07) is 9.07. The van der Waals surface area contributed by atoms with Crippen LogP contribution < -0.4 is 4.74 Å². The molecule has 0 bridgehead atoms. The van der Waals surface area contributed by atoms with Crippen molar-refractivity contribution in [2.75, 3.05) is 34.3 Å². The Balaban J connectivity index is 2.11. The number of aromatic hydroxyl groups is 1. The lowest BCUT2D eigenvalue weighted by molar-refractivity contribution is -0.139. The molecule has 1 unspecified atom stereocenters. The fourth-order valence-electron chi connectivity index (χ4n) is 3.68. The second-order valence-electron chi connectivity index (χ2n) is 7.59. The van der Waals surface area contributed by atoms with Crippen LogP contribution >= 0.6 is 0 Å². The number of rotatable bonds is 7. The Morgan fingerprint density at radius 2 is 1.94 bits per heavy atom. The molecule has 1 atom stereocenters. The van der Waals surface area contributed by atoms with Crippen molar-refractivity contribution < 1.29 is 28.9 Å². The number of carbonyl (C=O) groups is 2. The molecule has 3 rings (SSSR count). The summed E-state index contributed by atoms with van der Waals surface area (Å²) in [5.74, 6) is -2.84. The Hall–Kier alpha value is -3.39. The summed E-state index contributed by atoms with van der Waals surface area (Å²) in [7, 11) is 5.12. The number of phenolic OH excluding ortho intramolecular Hbond substituents is 1. The Bertz CT molecular complexity index is 1030. The molecule has 2 aromatic carbocycles. The second-order valence-corrected chi connectivity index (χ2v) is 7.59. The van der Waals surface area contributed by atoms with E-state index in [1.54, 1.807) is 12.1 Å². The Morgan fingerprint density at radius 3 is 2.55 bits per heavy atom. The highest BCUT2D eigenvalue weighted by molar-refractivity contribution is 6.46. The molecule has 7 nitrogen and oxygen atoms in total. The molecule has 1 saturated heterocycles. The van der Waals surface area contributed by atoms with Crippen LogP contribution in [0, 0.1) is 5.82 Å². The third-order valence-electron chi connectivity index (χ3n) is 5.16. The minimum atomic E-state index is -0.903. The van der Waals surface area contributed by atoms with Gasteiger partial charge in [0.25, 0.3) is 11.7 Å². The summed E-state index contributed by atoms with van der Waals surface area (Å²) < 4.78 is 19.1. The molecular formula is C23H25FN2O5. The molecule has 2 N–H and O–H groups in total. The number of amides is 1. The minimum Gasteiger partial charge on any atom is -0.508 e. The number of halogens is 1. The summed E-state index contributed by atoms with van der Waals surface area (Å²) in [5.41, 5.74) is 0.374. The number of likely N-dealkylation sites (tertiary alicyclic amines) is 1. The van der Waals surface area contributed by atoms with Crippen LogP contribution in [0.25, 0.3) is 5.76 Å². The number of Topliss-reactive ketones (excluding diaryl/α,β-unsaturated/α-hetero) is 1. The van der Waals surface area contributed by atoms with Crippen molar-refractivity contribution >= 4 is 17.4 Å². The number of aliphatic hydroxyl groups is 1. The lowest BCUT2D eigenvalue weighted by Crippen LogP contribution is -2.32. The molecule has 31 heavy (non-hydrogen) atoms. The zero-order valence-electron chi connectivity index (χ0n) is 17.6. The van der Waals surface area contributed by atoms with Gasteiger partial charge in [0, 0.05) is 12.1 Å². The lowest BCUT2D eigenvalue weighted by Gasteiger charge is -2.26. The van der Waals surface area contributed by atoms with Crippen LogP contribution in [0.5, 0.6) is 11.5 Å². The number of methoxy groups -OCH3 is 1. The first-order chi connectivity index (χ1) is 14.7. The predicted molar refractivity (Wildman–Crippen MR) is 113 cm³/mol. The maximum atomic E-state index is 14.2. The van der Waals surface area contributed by atoms with Gasteiger partial charge in [0.1, 0.15) is 11.5 Å². The first-order valence-corrected chi connectivity index (χ1v) is 9.80. The van der Waals surface area contributed by atoms with Gasteiger partial charge in [-0.15, -0.1) is 0 Å². The minimum absolute atomic E-state index is 0.00906. The van der Waals surface area contributed by atoms with Crippen molar-refractivity contribution in [3.63, 3.8) is 0 Å². The Labute approximate surface area is 180 Å². The maximum Gasteiger partial charge on any atom is 0.295 e. The van der Waals surface area contributed by atoms with E-state index >= 15 is 0 Å². The van der Waals surface area contributed by atoms with E-state index in [-0.39, 0.29) is 29.2 Å². The van der Waals surface area contributed by atoms with Crippen molar-refractivity contribution in [1.82, 2.24) is 9.80 Å². The molecule has 1 heterocycles. The van der Waals surface area contributed by atoms with Crippen LogP contribution in [0.1, 0.15) is 23.6 Å². The number of hydrogen-bond donors (Lipinski definition) is 2. The standard InChI is InChI=1S/C23H25FN2O5/c1-25(2)10-5-11-26-20(14-6-4-7-16(27)12-14)19(22(29)23(26)30)21(28)15-8-9-18(31-3)17(24)13-15/h4,6-9,12-13,20,27-28H,5,10-11H2,1-3H3. The third kappa shape index (κ3) is 4.54. The average molecular weight is 428 g/mol. The van der Waals surface area contributed by atoms with Crippen LogP contribution in [0.3, 0.4) is 0 Å². The van der Waals surface area contributed by atoms with Gasteiger partial charge in [-0.1, -0.05) is 12.1 Å². The highest BCUT2D eigenvalue weighted by Crippen LogP contribution is 2.40. The van der Waals surface area contributed by atoms with Crippen molar-refractivity contribution in [2.45, 2.75) is 12.5 Å². The fraction of sp³-hybridized carbons (Fsp3) is 0.304. The van der Waals surface area contributed by atoms with Gasteiger partial charge in [0.05, 0.1) is 18.7 Å². The average Bonchev–Trinajstić information content (AvgIpc) is 2.98. The van der Waals surface area contributed by atoms with E-state index in [4.69, 9.17) is 4.74 Å². The van der Waals surface area contributed by atoms with E-state index in [1.165, 1.54) is 36.3 Å². The number of benzene rings is 2. The predicted octanol–water partition coefficient (Wildman–Crippen LogP) is 2.91. The van der Waals surface area contributed by atoms with Gasteiger partial charge in [-0.2, -0.15) is 0 Å². The van der Waals surface area contributed by atoms with Gasteiger partial charge in [0.15, 0.2) is 11.6 Å². The van der Waals surface area contributed by atoms with E-state index in [9.17, 15) is 24.2 Å². The fourth-order valence-corrected chi connectivity index (χ4v) is 3.68. The largest absolute Gasteiger partial charge is 0.508 e. The number of nitrogens with zero attached hydrogens (tertiary/aromatic N) is 2. The highest BCUT2D eigenvalue weighted by Gasteiger charge is 2.45. The number of hydrogen-bond acceptors (Lipinski definition) is 6. The molecule has 164 valence electrons. The van der Waals surface area contributed by atoms with Gasteiger partial charge in [-0.05, 0) is 63.0 Å². The van der Waals surface area contributed by atoms with Gasteiger partial charge in [-0.3, -0.25) is 9.59 Å². The first-order valence-electron chi connectivity index (χ1n) is 9.80.